The van der Waals surface area contributed by atoms with Crippen LogP contribution in [0.5, 0.6) is 0 Å². The number of piperidine rings is 1. The van der Waals surface area contributed by atoms with Crippen LogP contribution in [-0.2, 0) is 28.8 Å². The number of aliphatic carboxylic acids is 1. The first-order valence-corrected chi connectivity index (χ1v) is 22.5. The van der Waals surface area contributed by atoms with Crippen LogP contribution < -0.4 is 16.4 Å². The van der Waals surface area contributed by atoms with Crippen LogP contribution >= 0.6 is 11.3 Å². The predicted octanol–water partition coefficient (Wildman–Crippen LogP) is 6.93. The highest BCUT2D eigenvalue weighted by atomic mass is 32.1. The van der Waals surface area contributed by atoms with E-state index in [1.54, 1.807) is 19.2 Å². The van der Waals surface area contributed by atoms with E-state index in [1.165, 1.54) is 12.0 Å². The van der Waals surface area contributed by atoms with Gasteiger partial charge in [0.25, 0.3) is 11.8 Å². The molecule has 1 unspecified atom stereocenters. The van der Waals surface area contributed by atoms with Gasteiger partial charge in [-0.1, -0.05) is 78.9 Å². The van der Waals surface area contributed by atoms with Gasteiger partial charge in [-0.25, -0.2) is 10.0 Å². The first-order chi connectivity index (χ1) is 27.8. The number of rotatable bonds is 23. The molecule has 3 rings (SSSR count). The zero-order valence-electron chi connectivity index (χ0n) is 37.2. The molecular weight excluding hydrogens is 773 g/mol. The molecule has 0 saturated carbocycles. The molecular formula is C44H72N6O8S. The molecule has 0 aromatic carbocycles. The molecule has 332 valence electrons. The Morgan fingerprint density at radius 3 is 2.41 bits per heavy atom. The number of hydroxylamine groups is 2. The van der Waals surface area contributed by atoms with Crippen LogP contribution in [0.1, 0.15) is 155 Å². The van der Waals surface area contributed by atoms with Crippen LogP contribution in [-0.4, -0.2) is 94.1 Å². The Bertz CT molecular complexity index is 1640. The number of ether oxygens (including phenoxy) is 1. The molecule has 1 saturated heterocycles. The summed E-state index contributed by atoms with van der Waals surface area (Å²) in [6.45, 7) is 17.7. The summed E-state index contributed by atoms with van der Waals surface area (Å²) in [6, 6.07) is -2.29. The number of nitrogens with two attached hydrogens (primary N) is 1. The molecule has 59 heavy (non-hydrogen) atoms. The summed E-state index contributed by atoms with van der Waals surface area (Å²) in [6.07, 6.45) is 10.2. The minimum Gasteiger partial charge on any atom is -0.481 e. The number of aromatic nitrogens is 1. The van der Waals surface area contributed by atoms with Gasteiger partial charge in [0.05, 0.1) is 24.1 Å². The van der Waals surface area contributed by atoms with E-state index in [0.717, 1.165) is 67.7 Å². The molecule has 15 heteroatoms. The Labute approximate surface area is 356 Å². The molecule has 1 aromatic heterocycles. The zero-order valence-corrected chi connectivity index (χ0v) is 38.0. The standard InChI is InChI=1S/C44H72N6O8S/c1-11-13-16-21-57-50(42(54)38(28(5)12-2)48-40(53)35-17-14-15-20-49(35)10)36(27(3)4)24-37(58-30(7)51)41-47-34(26-59-41)39(52)46-33(25-44(8,9)43(55)56)23-31-18-19-32(45)22-29(31)6/h18-19,26-29,33,35-38H,11-17,20-25,45H2,1-10H3,(H,46,52)(H,48,53)(H,55,56)/t28-,29?,33-,35+,36+,37+,38-/m0/s1. The fraction of sp³-hybridized carbons (Fsp3) is 0.727. The van der Waals surface area contributed by atoms with Crippen molar-refractivity contribution in [3.63, 3.8) is 0 Å². The van der Waals surface area contributed by atoms with Crippen molar-refractivity contribution in [2.75, 3.05) is 20.2 Å². The number of hydrogen-bond donors (Lipinski definition) is 4. The molecule has 7 atom stereocenters. The van der Waals surface area contributed by atoms with Gasteiger partial charge in [-0.15, -0.1) is 11.3 Å². The Kier molecular flexibility index (Phi) is 19.5. The maximum Gasteiger partial charge on any atom is 0.309 e. The van der Waals surface area contributed by atoms with Crippen LogP contribution in [0.4, 0.5) is 0 Å². The van der Waals surface area contributed by atoms with E-state index in [4.69, 9.17) is 15.3 Å². The summed E-state index contributed by atoms with van der Waals surface area (Å²) < 4.78 is 5.88. The van der Waals surface area contributed by atoms with Crippen molar-refractivity contribution in [1.29, 1.82) is 0 Å². The molecule has 1 aliphatic heterocycles. The molecule has 2 aliphatic rings. The van der Waals surface area contributed by atoms with E-state index in [2.05, 4.69) is 29.5 Å². The van der Waals surface area contributed by atoms with Crippen LogP contribution in [0.2, 0.25) is 0 Å². The number of esters is 1. The van der Waals surface area contributed by atoms with Gasteiger partial charge in [0.15, 0.2) is 6.10 Å². The van der Waals surface area contributed by atoms with E-state index < -0.39 is 47.5 Å². The number of nitrogens with zero attached hydrogens (tertiary/aromatic N) is 3. The highest BCUT2D eigenvalue weighted by Gasteiger charge is 2.40. The number of likely N-dealkylation sites (tertiary alicyclic amines) is 1. The van der Waals surface area contributed by atoms with Crippen LogP contribution in [0.15, 0.2) is 28.8 Å². The Morgan fingerprint density at radius 2 is 1.81 bits per heavy atom. The Morgan fingerprint density at radius 1 is 1.10 bits per heavy atom. The quantitative estimate of drug-likeness (QED) is 0.0507. The molecule has 3 amide bonds. The highest BCUT2D eigenvalue weighted by Crippen LogP contribution is 2.34. The lowest BCUT2D eigenvalue weighted by atomic mass is 9.80. The van der Waals surface area contributed by atoms with Crippen molar-refractivity contribution in [2.24, 2.45) is 28.9 Å². The lowest BCUT2D eigenvalue weighted by molar-refractivity contribution is -0.213. The molecule has 0 spiro atoms. The third-order valence-electron chi connectivity index (χ3n) is 11.7. The fourth-order valence-electron chi connectivity index (χ4n) is 7.73. The zero-order chi connectivity index (χ0) is 44.0. The van der Waals surface area contributed by atoms with Crippen LogP contribution in [0, 0.1) is 23.2 Å². The minimum atomic E-state index is -1.12. The third-order valence-corrected chi connectivity index (χ3v) is 12.7. The SMILES string of the molecule is CCCCCON(C(=O)[C@@H](NC(=O)[C@H]1CCCCN1C)[C@@H](C)CC)[C@H](C[C@@H](OC(C)=O)c1nc(C(=O)N[C@@H](CC2=CC=C(N)CC2C)CC(C)(C)C(=O)O)cs1)C(C)C. The molecule has 1 aliphatic carbocycles. The number of unbranched alkanes of at least 4 members (excludes halogenated alkanes) is 2. The molecule has 14 nitrogen and oxygen atoms in total. The van der Waals surface area contributed by atoms with Crippen LogP contribution in [0.3, 0.4) is 0 Å². The van der Waals surface area contributed by atoms with Crippen molar-refractivity contribution in [1.82, 2.24) is 25.6 Å². The van der Waals surface area contributed by atoms with Gasteiger partial charge in [0, 0.05) is 30.5 Å². The summed E-state index contributed by atoms with van der Waals surface area (Å²) in [4.78, 5) is 80.1. The molecule has 2 heterocycles. The van der Waals surface area contributed by atoms with Crippen molar-refractivity contribution >= 4 is 41.0 Å². The fourth-order valence-corrected chi connectivity index (χ4v) is 8.57. The summed E-state index contributed by atoms with van der Waals surface area (Å²) in [5.74, 6) is -2.78. The van der Waals surface area contributed by atoms with Gasteiger partial charge < -0.3 is 26.2 Å². The number of carbonyl (C=O) groups excluding carboxylic acids is 4. The number of likely N-dealkylation sites (N-methyl/N-ethyl adjacent to an activating group) is 1. The van der Waals surface area contributed by atoms with E-state index in [1.807, 2.05) is 51.8 Å². The third kappa shape index (κ3) is 14.7. The monoisotopic (exact) mass is 845 g/mol. The first-order valence-electron chi connectivity index (χ1n) is 21.6. The number of carbonyl (C=O) groups is 5. The number of allylic oxidation sites excluding steroid dienone is 3. The molecule has 5 N–H and O–H groups in total. The maximum atomic E-state index is 14.8. The second-order valence-electron chi connectivity index (χ2n) is 17.6. The number of amides is 3. The smallest absolute Gasteiger partial charge is 0.309 e. The van der Waals surface area contributed by atoms with Gasteiger partial charge in [0.2, 0.25) is 5.91 Å². The number of nitrogens with one attached hydrogen (secondary N) is 2. The normalized spacial score (nSPS) is 20.1. The highest BCUT2D eigenvalue weighted by molar-refractivity contribution is 7.09. The largest absolute Gasteiger partial charge is 0.481 e. The Balaban J connectivity index is 1.94. The number of carboxylic acid groups (broad SMARTS) is 1. The molecule has 0 bridgehead atoms. The van der Waals surface area contributed by atoms with E-state index in [9.17, 15) is 29.1 Å². The minimum absolute atomic E-state index is 0.104. The average molecular weight is 845 g/mol. The van der Waals surface area contributed by atoms with Gasteiger partial charge >= 0.3 is 11.9 Å². The Hall–Kier alpha value is -3.82. The van der Waals surface area contributed by atoms with Crippen molar-refractivity contribution < 1.29 is 38.7 Å². The lowest BCUT2D eigenvalue weighted by Crippen LogP contribution is -2.58. The van der Waals surface area contributed by atoms with E-state index >= 15 is 0 Å². The molecule has 1 aromatic rings. The second-order valence-corrected chi connectivity index (χ2v) is 18.5. The number of carboxylic acids is 1. The van der Waals surface area contributed by atoms with Crippen molar-refractivity contribution in [3.05, 3.63) is 39.5 Å². The van der Waals surface area contributed by atoms with E-state index in [-0.39, 0.29) is 60.8 Å². The summed E-state index contributed by atoms with van der Waals surface area (Å²) >= 11 is 1.16. The molecule has 1 fully saturated rings. The van der Waals surface area contributed by atoms with Gasteiger partial charge in [0.1, 0.15) is 16.7 Å². The number of hydrogen-bond acceptors (Lipinski definition) is 11. The number of thiazole rings is 1. The maximum absolute atomic E-state index is 14.8. The summed E-state index contributed by atoms with van der Waals surface area (Å²) in [5.41, 5.74) is 6.87. The van der Waals surface area contributed by atoms with Crippen LogP contribution in [0.25, 0.3) is 0 Å². The van der Waals surface area contributed by atoms with E-state index in [0.29, 0.717) is 24.3 Å². The molecule has 0 radical (unpaired) electrons. The second kappa shape index (κ2) is 23.3. The predicted molar refractivity (Wildman–Crippen MR) is 230 cm³/mol. The average Bonchev–Trinajstić information content (AvgIpc) is 3.67. The van der Waals surface area contributed by atoms with Gasteiger partial charge in [-0.3, -0.25) is 33.7 Å². The van der Waals surface area contributed by atoms with Crippen molar-refractivity contribution in [2.45, 2.75) is 163 Å². The summed E-state index contributed by atoms with van der Waals surface area (Å²) in [7, 11) is 1.94. The summed E-state index contributed by atoms with van der Waals surface area (Å²) in [5, 5.41) is 19.5. The van der Waals surface area contributed by atoms with Gasteiger partial charge in [-0.2, -0.15) is 0 Å². The lowest BCUT2D eigenvalue weighted by Gasteiger charge is -2.39. The van der Waals surface area contributed by atoms with Gasteiger partial charge in [-0.05, 0) is 89.8 Å². The van der Waals surface area contributed by atoms with Crippen molar-refractivity contribution in [3.8, 4) is 0 Å². The topological polar surface area (TPSA) is 193 Å². The first kappa shape index (κ1) is 49.5.